The number of rotatable bonds is 6. The van der Waals surface area contributed by atoms with E-state index in [9.17, 15) is 14.7 Å². The third-order valence-corrected chi connectivity index (χ3v) is 1.66. The summed E-state index contributed by atoms with van der Waals surface area (Å²) in [6, 6.07) is 0. The standard InChI is InChI=1S/C10H17NO3/c1-3-7-11(8-4-2)9(12)5-6-10(13)14/h5-6H,3-4,7-8H2,1-2H3,(H,13,14)/p-1/b6-5-. The second-order valence-electron chi connectivity index (χ2n) is 2.98. The molecule has 0 aliphatic heterocycles. The number of hydrogen-bond acceptors (Lipinski definition) is 3. The van der Waals surface area contributed by atoms with Crippen molar-refractivity contribution in [1.29, 1.82) is 0 Å². The molecule has 0 saturated carbocycles. The number of carboxylic acid groups (broad SMARTS) is 1. The van der Waals surface area contributed by atoms with Gasteiger partial charge in [0, 0.05) is 19.2 Å². The molecule has 0 aliphatic rings. The average molecular weight is 198 g/mol. The highest BCUT2D eigenvalue weighted by molar-refractivity contribution is 5.93. The van der Waals surface area contributed by atoms with Crippen molar-refractivity contribution in [2.24, 2.45) is 0 Å². The maximum atomic E-state index is 11.4. The number of carbonyl (C=O) groups is 2. The van der Waals surface area contributed by atoms with Crippen LogP contribution in [0.2, 0.25) is 0 Å². The second-order valence-corrected chi connectivity index (χ2v) is 2.98. The summed E-state index contributed by atoms with van der Waals surface area (Å²) in [5.41, 5.74) is 0. The fourth-order valence-electron chi connectivity index (χ4n) is 1.12. The van der Waals surface area contributed by atoms with Crippen LogP contribution in [0.25, 0.3) is 0 Å². The molecular weight excluding hydrogens is 182 g/mol. The van der Waals surface area contributed by atoms with Crippen LogP contribution < -0.4 is 5.11 Å². The lowest BCUT2D eigenvalue weighted by molar-refractivity contribution is -0.297. The molecule has 0 rings (SSSR count). The Balaban J connectivity index is 4.20. The first-order chi connectivity index (χ1) is 6.61. The van der Waals surface area contributed by atoms with Crippen molar-refractivity contribution in [3.8, 4) is 0 Å². The van der Waals surface area contributed by atoms with Crippen molar-refractivity contribution >= 4 is 11.9 Å². The van der Waals surface area contributed by atoms with Crippen LogP contribution in [-0.4, -0.2) is 29.9 Å². The molecule has 0 aromatic heterocycles. The molecule has 0 atom stereocenters. The van der Waals surface area contributed by atoms with Gasteiger partial charge in [-0.15, -0.1) is 0 Å². The summed E-state index contributed by atoms with van der Waals surface area (Å²) >= 11 is 0. The monoisotopic (exact) mass is 198 g/mol. The minimum atomic E-state index is -1.34. The predicted molar refractivity (Wildman–Crippen MR) is 51.3 cm³/mol. The van der Waals surface area contributed by atoms with Gasteiger partial charge in [0.15, 0.2) is 0 Å². The fourth-order valence-corrected chi connectivity index (χ4v) is 1.12. The van der Waals surface area contributed by atoms with Crippen molar-refractivity contribution in [1.82, 2.24) is 4.90 Å². The Morgan fingerprint density at radius 3 is 2.00 bits per heavy atom. The minimum Gasteiger partial charge on any atom is -0.545 e. The first kappa shape index (κ1) is 12.7. The predicted octanol–water partition coefficient (Wildman–Crippen LogP) is -0.0589. The average Bonchev–Trinajstić information content (AvgIpc) is 2.14. The molecule has 0 aromatic rings. The Morgan fingerprint density at radius 1 is 1.14 bits per heavy atom. The highest BCUT2D eigenvalue weighted by Gasteiger charge is 2.07. The summed E-state index contributed by atoms with van der Waals surface area (Å²) in [7, 11) is 0. The lowest BCUT2D eigenvalue weighted by Crippen LogP contribution is -2.31. The summed E-state index contributed by atoms with van der Waals surface area (Å²) in [6.45, 7) is 5.25. The Bertz CT molecular complexity index is 217. The van der Waals surface area contributed by atoms with Gasteiger partial charge in [0.05, 0.1) is 5.97 Å². The second kappa shape index (κ2) is 7.12. The summed E-state index contributed by atoms with van der Waals surface area (Å²) in [5.74, 6) is -1.61. The Kier molecular flexibility index (Phi) is 6.45. The van der Waals surface area contributed by atoms with Crippen LogP contribution in [-0.2, 0) is 9.59 Å². The molecule has 0 saturated heterocycles. The molecule has 0 aliphatic carbocycles. The van der Waals surface area contributed by atoms with Gasteiger partial charge in [0.1, 0.15) is 0 Å². The van der Waals surface area contributed by atoms with Crippen LogP contribution in [0.1, 0.15) is 26.7 Å². The third kappa shape index (κ3) is 5.35. The zero-order valence-electron chi connectivity index (χ0n) is 8.66. The van der Waals surface area contributed by atoms with Gasteiger partial charge in [-0.3, -0.25) is 4.79 Å². The van der Waals surface area contributed by atoms with Gasteiger partial charge in [-0.05, 0) is 18.9 Å². The van der Waals surface area contributed by atoms with Crippen molar-refractivity contribution in [2.75, 3.05) is 13.1 Å². The number of carbonyl (C=O) groups excluding carboxylic acids is 2. The van der Waals surface area contributed by atoms with Gasteiger partial charge in [-0.2, -0.15) is 0 Å². The van der Waals surface area contributed by atoms with Crippen molar-refractivity contribution < 1.29 is 14.7 Å². The zero-order chi connectivity index (χ0) is 11.0. The van der Waals surface area contributed by atoms with Crippen LogP contribution in [0.4, 0.5) is 0 Å². The van der Waals surface area contributed by atoms with E-state index in [4.69, 9.17) is 0 Å². The highest BCUT2D eigenvalue weighted by Crippen LogP contribution is 1.96. The summed E-state index contributed by atoms with van der Waals surface area (Å²) in [6.07, 6.45) is 3.54. The quantitative estimate of drug-likeness (QED) is 0.562. The Hall–Kier alpha value is -1.32. The molecule has 0 spiro atoms. The molecule has 80 valence electrons. The van der Waals surface area contributed by atoms with E-state index < -0.39 is 5.97 Å². The smallest absolute Gasteiger partial charge is 0.246 e. The van der Waals surface area contributed by atoms with E-state index in [0.717, 1.165) is 25.0 Å². The van der Waals surface area contributed by atoms with E-state index in [1.54, 1.807) is 4.90 Å². The summed E-state index contributed by atoms with van der Waals surface area (Å²) in [5, 5.41) is 10.1. The number of hydrogen-bond donors (Lipinski definition) is 0. The largest absolute Gasteiger partial charge is 0.545 e. The van der Waals surface area contributed by atoms with Crippen molar-refractivity contribution in [3.05, 3.63) is 12.2 Å². The maximum Gasteiger partial charge on any atom is 0.246 e. The van der Waals surface area contributed by atoms with Crippen LogP contribution in [0.5, 0.6) is 0 Å². The third-order valence-electron chi connectivity index (χ3n) is 1.66. The van der Waals surface area contributed by atoms with Crippen LogP contribution in [0, 0.1) is 0 Å². The number of aliphatic carboxylic acids is 1. The van der Waals surface area contributed by atoms with Gasteiger partial charge in [0.2, 0.25) is 5.91 Å². The Labute approximate surface area is 84.2 Å². The molecule has 4 nitrogen and oxygen atoms in total. The zero-order valence-corrected chi connectivity index (χ0v) is 8.66. The molecule has 0 N–H and O–H groups in total. The van der Waals surface area contributed by atoms with E-state index in [0.29, 0.717) is 13.1 Å². The number of carboxylic acids is 1. The summed E-state index contributed by atoms with van der Waals surface area (Å²) < 4.78 is 0. The van der Waals surface area contributed by atoms with Gasteiger partial charge in [-0.1, -0.05) is 13.8 Å². The molecule has 0 fully saturated rings. The number of nitrogens with zero attached hydrogens (tertiary/aromatic N) is 1. The molecule has 4 heteroatoms. The SMILES string of the molecule is CCCN(CCC)C(=O)/C=C\C(=O)[O-]. The van der Waals surface area contributed by atoms with E-state index in [2.05, 4.69) is 0 Å². The van der Waals surface area contributed by atoms with Crippen molar-refractivity contribution in [2.45, 2.75) is 26.7 Å². The van der Waals surface area contributed by atoms with Crippen LogP contribution >= 0.6 is 0 Å². The lowest BCUT2D eigenvalue weighted by Gasteiger charge is -2.19. The van der Waals surface area contributed by atoms with Crippen LogP contribution in [0.15, 0.2) is 12.2 Å². The van der Waals surface area contributed by atoms with Gasteiger partial charge in [-0.25, -0.2) is 0 Å². The van der Waals surface area contributed by atoms with E-state index in [1.807, 2.05) is 13.8 Å². The van der Waals surface area contributed by atoms with E-state index >= 15 is 0 Å². The van der Waals surface area contributed by atoms with E-state index in [-0.39, 0.29) is 5.91 Å². The molecule has 14 heavy (non-hydrogen) atoms. The first-order valence-electron chi connectivity index (χ1n) is 4.79. The molecule has 0 bridgehead atoms. The first-order valence-corrected chi connectivity index (χ1v) is 4.79. The molecule has 1 amide bonds. The normalized spacial score (nSPS) is 10.4. The van der Waals surface area contributed by atoms with Crippen LogP contribution in [0.3, 0.4) is 0 Å². The minimum absolute atomic E-state index is 0.266. The molecular formula is C10H16NO3-. The number of amides is 1. The molecule has 0 aromatic carbocycles. The molecule has 0 heterocycles. The van der Waals surface area contributed by atoms with E-state index in [1.165, 1.54) is 0 Å². The van der Waals surface area contributed by atoms with Crippen molar-refractivity contribution in [3.63, 3.8) is 0 Å². The lowest BCUT2D eigenvalue weighted by atomic mass is 10.3. The fraction of sp³-hybridized carbons (Fsp3) is 0.600. The summed E-state index contributed by atoms with van der Waals surface area (Å²) in [4.78, 5) is 23.1. The Morgan fingerprint density at radius 2 is 1.64 bits per heavy atom. The van der Waals surface area contributed by atoms with Gasteiger partial charge in [0.25, 0.3) is 0 Å². The molecule has 0 unspecified atom stereocenters. The topological polar surface area (TPSA) is 60.4 Å². The van der Waals surface area contributed by atoms with Gasteiger partial charge < -0.3 is 14.8 Å². The maximum absolute atomic E-state index is 11.4. The highest BCUT2D eigenvalue weighted by atomic mass is 16.4. The molecule has 0 radical (unpaired) electrons. The van der Waals surface area contributed by atoms with Gasteiger partial charge >= 0.3 is 0 Å².